The number of morpholine rings is 1. The maximum Gasteiger partial charge on any atom is 0.319 e. The number of rotatable bonds is 6. The third kappa shape index (κ3) is 4.96. The lowest BCUT2D eigenvalue weighted by molar-refractivity contribution is 0.122. The van der Waals surface area contributed by atoms with Gasteiger partial charge in [0, 0.05) is 38.0 Å². The standard InChI is InChI=1S/C19H23ClN4O4/c1-26-16-11-15(17(27-2)10-14(16)20)23-19(25)22-12-13-3-4-21-18(9-13)24-5-7-28-8-6-24/h3-4,9-11H,5-8,12H2,1-2H3,(H2,22,23,25). The van der Waals surface area contributed by atoms with Gasteiger partial charge in [0.15, 0.2) is 0 Å². The summed E-state index contributed by atoms with van der Waals surface area (Å²) in [6.07, 6.45) is 1.74. The zero-order chi connectivity index (χ0) is 19.9. The minimum atomic E-state index is -0.368. The van der Waals surface area contributed by atoms with Crippen molar-refractivity contribution >= 4 is 29.1 Å². The van der Waals surface area contributed by atoms with Crippen LogP contribution in [0.15, 0.2) is 30.5 Å². The van der Waals surface area contributed by atoms with E-state index >= 15 is 0 Å². The minimum Gasteiger partial charge on any atom is -0.495 e. The molecular weight excluding hydrogens is 384 g/mol. The summed E-state index contributed by atoms with van der Waals surface area (Å²) in [5.41, 5.74) is 1.41. The van der Waals surface area contributed by atoms with Gasteiger partial charge in [0.1, 0.15) is 17.3 Å². The molecule has 1 fully saturated rings. The molecule has 8 nitrogen and oxygen atoms in total. The van der Waals surface area contributed by atoms with Crippen molar-refractivity contribution in [3.05, 3.63) is 41.0 Å². The summed E-state index contributed by atoms with van der Waals surface area (Å²) in [5, 5.41) is 5.99. The fourth-order valence-corrected chi connectivity index (χ4v) is 3.07. The number of aromatic nitrogens is 1. The van der Waals surface area contributed by atoms with E-state index in [0.717, 1.165) is 24.5 Å². The third-order valence-electron chi connectivity index (χ3n) is 4.32. The first-order chi connectivity index (χ1) is 13.6. The molecule has 0 spiro atoms. The number of methoxy groups -OCH3 is 2. The van der Waals surface area contributed by atoms with Crippen LogP contribution in [0.1, 0.15) is 5.56 Å². The average Bonchev–Trinajstić information content (AvgIpc) is 2.74. The van der Waals surface area contributed by atoms with E-state index in [0.29, 0.717) is 42.0 Å². The maximum atomic E-state index is 12.3. The summed E-state index contributed by atoms with van der Waals surface area (Å²) in [5.74, 6) is 1.77. The Morgan fingerprint density at radius 3 is 2.68 bits per heavy atom. The van der Waals surface area contributed by atoms with Gasteiger partial charge in [-0.25, -0.2) is 9.78 Å². The molecule has 1 aromatic carbocycles. The van der Waals surface area contributed by atoms with Gasteiger partial charge in [-0.3, -0.25) is 0 Å². The van der Waals surface area contributed by atoms with Crippen LogP contribution in [-0.4, -0.2) is 51.5 Å². The van der Waals surface area contributed by atoms with Crippen molar-refractivity contribution in [2.75, 3.05) is 50.7 Å². The lowest BCUT2D eigenvalue weighted by Crippen LogP contribution is -2.36. The number of carbonyl (C=O) groups excluding carboxylic acids is 1. The highest BCUT2D eigenvalue weighted by atomic mass is 35.5. The highest BCUT2D eigenvalue weighted by Crippen LogP contribution is 2.35. The van der Waals surface area contributed by atoms with Gasteiger partial charge < -0.3 is 29.7 Å². The molecule has 28 heavy (non-hydrogen) atoms. The van der Waals surface area contributed by atoms with Crippen molar-refractivity contribution in [1.82, 2.24) is 10.3 Å². The number of hydrogen-bond acceptors (Lipinski definition) is 6. The van der Waals surface area contributed by atoms with Crippen molar-refractivity contribution in [3.8, 4) is 11.5 Å². The molecule has 0 unspecified atom stereocenters. The topological polar surface area (TPSA) is 85.0 Å². The molecule has 2 heterocycles. The molecule has 0 bridgehead atoms. The van der Waals surface area contributed by atoms with Gasteiger partial charge in [0.25, 0.3) is 0 Å². The first-order valence-corrected chi connectivity index (χ1v) is 9.22. The molecule has 0 radical (unpaired) electrons. The Balaban J connectivity index is 1.62. The molecule has 150 valence electrons. The third-order valence-corrected chi connectivity index (χ3v) is 4.62. The summed E-state index contributed by atoms with van der Waals surface area (Å²) in [6, 6.07) is 6.68. The molecule has 0 atom stereocenters. The predicted octanol–water partition coefficient (Wildman–Crippen LogP) is 2.91. The lowest BCUT2D eigenvalue weighted by atomic mass is 10.2. The van der Waals surface area contributed by atoms with Crippen LogP contribution in [-0.2, 0) is 11.3 Å². The minimum absolute atomic E-state index is 0.360. The quantitative estimate of drug-likeness (QED) is 0.767. The van der Waals surface area contributed by atoms with Crippen LogP contribution < -0.4 is 25.0 Å². The van der Waals surface area contributed by atoms with Crippen molar-refractivity contribution in [2.45, 2.75) is 6.54 Å². The fourth-order valence-electron chi connectivity index (χ4n) is 2.84. The van der Waals surface area contributed by atoms with E-state index in [1.165, 1.54) is 14.2 Å². The SMILES string of the molecule is COc1cc(NC(=O)NCc2ccnc(N3CCOCC3)c2)c(OC)cc1Cl. The van der Waals surface area contributed by atoms with Crippen LogP contribution in [0.5, 0.6) is 11.5 Å². The van der Waals surface area contributed by atoms with E-state index in [1.807, 2.05) is 12.1 Å². The monoisotopic (exact) mass is 406 g/mol. The van der Waals surface area contributed by atoms with Crippen molar-refractivity contribution in [1.29, 1.82) is 0 Å². The molecule has 1 aliphatic heterocycles. The molecule has 0 aliphatic carbocycles. The molecular formula is C19H23ClN4O4. The van der Waals surface area contributed by atoms with Gasteiger partial charge >= 0.3 is 6.03 Å². The Bertz CT molecular complexity index is 828. The number of hydrogen-bond donors (Lipinski definition) is 2. The molecule has 0 saturated carbocycles. The molecule has 1 saturated heterocycles. The number of halogens is 1. The van der Waals surface area contributed by atoms with E-state index in [2.05, 4.69) is 20.5 Å². The van der Waals surface area contributed by atoms with Crippen molar-refractivity contribution < 1.29 is 19.0 Å². The van der Waals surface area contributed by atoms with E-state index < -0.39 is 0 Å². The van der Waals surface area contributed by atoms with E-state index in [-0.39, 0.29) is 6.03 Å². The van der Waals surface area contributed by atoms with E-state index in [4.69, 9.17) is 25.8 Å². The fraction of sp³-hybridized carbons (Fsp3) is 0.368. The maximum absolute atomic E-state index is 12.3. The summed E-state index contributed by atoms with van der Waals surface area (Å²) in [7, 11) is 3.01. The molecule has 3 rings (SSSR count). The largest absolute Gasteiger partial charge is 0.495 e. The number of pyridine rings is 1. The van der Waals surface area contributed by atoms with Crippen LogP contribution in [0.25, 0.3) is 0 Å². The zero-order valence-electron chi connectivity index (χ0n) is 15.8. The summed E-state index contributed by atoms with van der Waals surface area (Å²) in [4.78, 5) is 18.9. The Morgan fingerprint density at radius 2 is 1.96 bits per heavy atom. The zero-order valence-corrected chi connectivity index (χ0v) is 16.6. The summed E-state index contributed by atoms with van der Waals surface area (Å²) >= 11 is 6.09. The normalized spacial score (nSPS) is 13.8. The average molecular weight is 407 g/mol. The second kappa shape index (κ2) is 9.48. The van der Waals surface area contributed by atoms with Crippen LogP contribution in [0.4, 0.5) is 16.3 Å². The van der Waals surface area contributed by atoms with E-state index in [1.54, 1.807) is 18.3 Å². The molecule has 2 N–H and O–H groups in total. The van der Waals surface area contributed by atoms with Crippen LogP contribution in [0.3, 0.4) is 0 Å². The van der Waals surface area contributed by atoms with Crippen LogP contribution in [0.2, 0.25) is 5.02 Å². The second-order valence-electron chi connectivity index (χ2n) is 6.12. The Hall–Kier alpha value is -2.71. The van der Waals surface area contributed by atoms with Gasteiger partial charge in [-0.15, -0.1) is 0 Å². The number of ether oxygens (including phenoxy) is 3. The number of benzene rings is 1. The molecule has 1 aromatic heterocycles. The lowest BCUT2D eigenvalue weighted by Gasteiger charge is -2.28. The van der Waals surface area contributed by atoms with Gasteiger partial charge in [-0.05, 0) is 17.7 Å². The molecule has 9 heteroatoms. The van der Waals surface area contributed by atoms with Crippen molar-refractivity contribution in [3.63, 3.8) is 0 Å². The number of urea groups is 1. The number of anilines is 2. The number of nitrogens with zero attached hydrogens (tertiary/aromatic N) is 2. The smallest absolute Gasteiger partial charge is 0.319 e. The van der Waals surface area contributed by atoms with Crippen molar-refractivity contribution in [2.24, 2.45) is 0 Å². The summed E-state index contributed by atoms with van der Waals surface area (Å²) < 4.78 is 15.8. The molecule has 1 aliphatic rings. The number of carbonyl (C=O) groups is 1. The Kier molecular flexibility index (Phi) is 6.78. The van der Waals surface area contributed by atoms with Gasteiger partial charge in [-0.1, -0.05) is 11.6 Å². The van der Waals surface area contributed by atoms with Gasteiger partial charge in [-0.2, -0.15) is 0 Å². The van der Waals surface area contributed by atoms with Gasteiger partial charge in [0.2, 0.25) is 0 Å². The Morgan fingerprint density at radius 1 is 1.21 bits per heavy atom. The first-order valence-electron chi connectivity index (χ1n) is 8.84. The second-order valence-corrected chi connectivity index (χ2v) is 6.52. The van der Waals surface area contributed by atoms with Crippen LogP contribution in [0, 0.1) is 0 Å². The first kappa shape index (κ1) is 20.0. The highest BCUT2D eigenvalue weighted by Gasteiger charge is 2.14. The van der Waals surface area contributed by atoms with Gasteiger partial charge in [0.05, 0.1) is 38.1 Å². The number of nitrogens with one attached hydrogen (secondary N) is 2. The number of amides is 2. The predicted molar refractivity (Wildman–Crippen MR) is 108 cm³/mol. The summed E-state index contributed by atoms with van der Waals surface area (Å²) in [6.45, 7) is 3.36. The van der Waals surface area contributed by atoms with E-state index in [9.17, 15) is 4.79 Å². The molecule has 2 amide bonds. The molecule has 2 aromatic rings. The Labute approximate surface area is 168 Å². The highest BCUT2D eigenvalue weighted by molar-refractivity contribution is 6.32. The van der Waals surface area contributed by atoms with Crippen LogP contribution >= 0.6 is 11.6 Å².